The van der Waals surface area contributed by atoms with Crippen LogP contribution in [0, 0.1) is 13.8 Å². The predicted octanol–water partition coefficient (Wildman–Crippen LogP) is 2.11. The molecular formula is C17H25NO4S. The first-order valence-electron chi connectivity index (χ1n) is 8.02. The van der Waals surface area contributed by atoms with Crippen LogP contribution in [-0.2, 0) is 14.6 Å². The Morgan fingerprint density at radius 3 is 2.61 bits per heavy atom. The lowest BCUT2D eigenvalue weighted by Crippen LogP contribution is -2.44. The van der Waals surface area contributed by atoms with E-state index < -0.39 is 9.84 Å². The molecule has 1 heterocycles. The molecule has 1 aliphatic rings. The largest absolute Gasteiger partial charge is 0.484 e. The summed E-state index contributed by atoms with van der Waals surface area (Å²) in [6.45, 7) is 6.51. The van der Waals surface area contributed by atoms with Crippen molar-refractivity contribution in [2.75, 3.05) is 24.7 Å². The lowest BCUT2D eigenvalue weighted by atomic mass is 10.1. The van der Waals surface area contributed by atoms with Gasteiger partial charge in [0.1, 0.15) is 5.75 Å². The number of nitrogens with zero attached hydrogens (tertiary/aromatic N) is 1. The van der Waals surface area contributed by atoms with E-state index in [4.69, 9.17) is 4.74 Å². The van der Waals surface area contributed by atoms with E-state index in [-0.39, 0.29) is 30.1 Å². The van der Waals surface area contributed by atoms with Crippen LogP contribution < -0.4 is 4.74 Å². The molecule has 0 N–H and O–H groups in total. The van der Waals surface area contributed by atoms with Crippen molar-refractivity contribution >= 4 is 15.7 Å². The molecule has 1 saturated heterocycles. The fraction of sp³-hybridized carbons (Fsp3) is 0.588. The number of hydrogen-bond acceptors (Lipinski definition) is 4. The van der Waals surface area contributed by atoms with E-state index in [0.717, 1.165) is 12.0 Å². The van der Waals surface area contributed by atoms with Crippen LogP contribution in [0.5, 0.6) is 5.75 Å². The molecule has 0 bridgehead atoms. The minimum Gasteiger partial charge on any atom is -0.484 e. The highest BCUT2D eigenvalue weighted by Crippen LogP contribution is 2.20. The summed E-state index contributed by atoms with van der Waals surface area (Å²) in [6, 6.07) is 5.51. The molecule has 1 atom stereocenters. The second-order valence-corrected chi connectivity index (χ2v) is 8.41. The lowest BCUT2D eigenvalue weighted by molar-refractivity contribution is -0.135. The van der Waals surface area contributed by atoms with Crippen LogP contribution in [0.4, 0.5) is 0 Å². The number of hydrogen-bond donors (Lipinski definition) is 0. The second-order valence-electron chi connectivity index (χ2n) is 6.18. The molecule has 0 aliphatic carbocycles. The quantitative estimate of drug-likeness (QED) is 0.796. The smallest absolute Gasteiger partial charge is 0.260 e. The molecule has 1 aliphatic heterocycles. The maximum Gasteiger partial charge on any atom is 0.260 e. The van der Waals surface area contributed by atoms with Crippen LogP contribution in [0.25, 0.3) is 0 Å². The summed E-state index contributed by atoms with van der Waals surface area (Å²) in [5, 5.41) is 0. The van der Waals surface area contributed by atoms with Gasteiger partial charge in [0.2, 0.25) is 0 Å². The third-order valence-electron chi connectivity index (χ3n) is 4.27. The number of carbonyl (C=O) groups excluding carboxylic acids is 1. The summed E-state index contributed by atoms with van der Waals surface area (Å²) in [6.07, 6.45) is 1.32. The minimum absolute atomic E-state index is 0.0565. The van der Waals surface area contributed by atoms with E-state index in [1.165, 1.54) is 5.56 Å². The first-order chi connectivity index (χ1) is 10.8. The van der Waals surface area contributed by atoms with Gasteiger partial charge in [-0.3, -0.25) is 4.79 Å². The zero-order valence-electron chi connectivity index (χ0n) is 14.0. The second kappa shape index (κ2) is 7.34. The van der Waals surface area contributed by atoms with E-state index in [0.29, 0.717) is 18.7 Å². The summed E-state index contributed by atoms with van der Waals surface area (Å²) in [5.41, 5.74) is 2.29. The molecule has 6 heteroatoms. The Balaban J connectivity index is 1.99. The fourth-order valence-corrected chi connectivity index (χ4v) is 4.54. The molecule has 1 aromatic rings. The van der Waals surface area contributed by atoms with Crippen molar-refractivity contribution in [3.05, 3.63) is 29.3 Å². The lowest BCUT2D eigenvalue weighted by Gasteiger charge is -2.27. The van der Waals surface area contributed by atoms with Crippen molar-refractivity contribution in [2.45, 2.75) is 39.7 Å². The third-order valence-corrected chi connectivity index (χ3v) is 6.03. The van der Waals surface area contributed by atoms with Gasteiger partial charge in [0.15, 0.2) is 16.4 Å². The molecule has 1 aromatic carbocycles. The number of benzene rings is 1. The van der Waals surface area contributed by atoms with E-state index in [2.05, 4.69) is 0 Å². The number of rotatable bonds is 6. The van der Waals surface area contributed by atoms with Crippen molar-refractivity contribution in [3.8, 4) is 5.75 Å². The van der Waals surface area contributed by atoms with Crippen LogP contribution in [-0.4, -0.2) is 49.9 Å². The van der Waals surface area contributed by atoms with E-state index in [1.807, 2.05) is 39.0 Å². The van der Waals surface area contributed by atoms with Gasteiger partial charge < -0.3 is 9.64 Å². The highest BCUT2D eigenvalue weighted by Gasteiger charge is 2.34. The molecule has 0 aromatic heterocycles. The van der Waals surface area contributed by atoms with Gasteiger partial charge in [0.05, 0.1) is 11.5 Å². The van der Waals surface area contributed by atoms with Gasteiger partial charge in [-0.25, -0.2) is 8.42 Å². The summed E-state index contributed by atoms with van der Waals surface area (Å²) in [4.78, 5) is 14.1. The summed E-state index contributed by atoms with van der Waals surface area (Å²) < 4.78 is 28.9. The number of carbonyl (C=O) groups is 1. The number of sulfone groups is 1. The Morgan fingerprint density at radius 1 is 1.30 bits per heavy atom. The number of aryl methyl sites for hydroxylation is 2. The Labute approximate surface area is 138 Å². The molecule has 0 saturated carbocycles. The predicted molar refractivity (Wildman–Crippen MR) is 90.5 cm³/mol. The summed E-state index contributed by atoms with van der Waals surface area (Å²) in [5.74, 6) is 0.759. The van der Waals surface area contributed by atoms with E-state index in [1.54, 1.807) is 4.90 Å². The Morgan fingerprint density at radius 2 is 2.04 bits per heavy atom. The van der Waals surface area contributed by atoms with Crippen molar-refractivity contribution in [2.24, 2.45) is 0 Å². The fourth-order valence-electron chi connectivity index (χ4n) is 2.80. The maximum atomic E-state index is 12.5. The Bertz CT molecular complexity index is 669. The van der Waals surface area contributed by atoms with Gasteiger partial charge in [-0.15, -0.1) is 0 Å². The molecular weight excluding hydrogens is 314 g/mol. The monoisotopic (exact) mass is 339 g/mol. The van der Waals surface area contributed by atoms with Crippen LogP contribution in [0.15, 0.2) is 18.2 Å². The van der Waals surface area contributed by atoms with Crippen molar-refractivity contribution < 1.29 is 17.9 Å². The normalized spacial score (nSPS) is 19.5. The van der Waals surface area contributed by atoms with Gasteiger partial charge in [0, 0.05) is 12.6 Å². The number of ether oxygens (including phenoxy) is 1. The minimum atomic E-state index is -3.00. The molecule has 1 fully saturated rings. The molecule has 1 amide bonds. The van der Waals surface area contributed by atoms with Crippen LogP contribution in [0.1, 0.15) is 30.9 Å². The van der Waals surface area contributed by atoms with E-state index in [9.17, 15) is 13.2 Å². The van der Waals surface area contributed by atoms with Crippen molar-refractivity contribution in [1.82, 2.24) is 4.90 Å². The van der Waals surface area contributed by atoms with Crippen LogP contribution in [0.3, 0.4) is 0 Å². The maximum absolute atomic E-state index is 12.5. The van der Waals surface area contributed by atoms with Crippen molar-refractivity contribution in [3.63, 3.8) is 0 Å². The Kier molecular flexibility index (Phi) is 5.68. The van der Waals surface area contributed by atoms with Crippen molar-refractivity contribution in [1.29, 1.82) is 0 Å². The van der Waals surface area contributed by atoms with E-state index >= 15 is 0 Å². The molecule has 1 unspecified atom stereocenters. The van der Waals surface area contributed by atoms with Gasteiger partial charge >= 0.3 is 0 Å². The molecule has 2 rings (SSSR count). The average Bonchev–Trinajstić information content (AvgIpc) is 2.85. The number of amides is 1. The average molecular weight is 339 g/mol. The van der Waals surface area contributed by atoms with Crippen LogP contribution >= 0.6 is 0 Å². The standard InChI is InChI=1S/C17H25NO4S/c1-4-8-18(15-7-9-23(20,21)12-15)17(19)11-22-16-6-5-13(2)14(3)10-16/h5-6,10,15H,4,7-9,11-12H2,1-3H3. The zero-order valence-corrected chi connectivity index (χ0v) is 14.9. The third kappa shape index (κ3) is 4.70. The summed E-state index contributed by atoms with van der Waals surface area (Å²) >= 11 is 0. The Hall–Kier alpha value is -1.56. The first-order valence-corrected chi connectivity index (χ1v) is 9.84. The van der Waals surface area contributed by atoms with Gasteiger partial charge in [0.25, 0.3) is 5.91 Å². The summed E-state index contributed by atoms with van der Waals surface area (Å²) in [7, 11) is -3.00. The zero-order chi connectivity index (χ0) is 17.0. The molecule has 5 nitrogen and oxygen atoms in total. The molecule has 0 spiro atoms. The van der Waals surface area contributed by atoms with Gasteiger partial charge in [-0.1, -0.05) is 13.0 Å². The highest BCUT2D eigenvalue weighted by molar-refractivity contribution is 7.91. The van der Waals surface area contributed by atoms with Gasteiger partial charge in [-0.05, 0) is 49.9 Å². The first kappa shape index (κ1) is 17.8. The van der Waals surface area contributed by atoms with Crippen LogP contribution in [0.2, 0.25) is 0 Å². The molecule has 0 radical (unpaired) electrons. The SMILES string of the molecule is CCCN(C(=O)COc1ccc(C)c(C)c1)C1CCS(=O)(=O)C1. The molecule has 23 heavy (non-hydrogen) atoms. The van der Waals surface area contributed by atoms with Gasteiger partial charge in [-0.2, -0.15) is 0 Å². The molecule has 128 valence electrons. The topological polar surface area (TPSA) is 63.7 Å². The highest BCUT2D eigenvalue weighted by atomic mass is 32.2.